The fourth-order valence-electron chi connectivity index (χ4n) is 6.35. The fraction of sp³-hybridized carbons (Fsp3) is 0.312. The first kappa shape index (κ1) is 24.4. The van der Waals surface area contributed by atoms with Crippen molar-refractivity contribution in [2.45, 2.75) is 50.1 Å². The van der Waals surface area contributed by atoms with Crippen LogP contribution in [0.5, 0.6) is 0 Å². The summed E-state index contributed by atoms with van der Waals surface area (Å²) in [7, 11) is 0. The first-order valence-electron chi connectivity index (χ1n) is 13.4. The van der Waals surface area contributed by atoms with Crippen LogP contribution in [0.2, 0.25) is 0 Å². The maximum Gasteiger partial charge on any atom is 0.245 e. The highest BCUT2D eigenvalue weighted by atomic mass is 16.2. The van der Waals surface area contributed by atoms with E-state index in [1.807, 2.05) is 35.4 Å². The van der Waals surface area contributed by atoms with E-state index in [4.69, 9.17) is 5.73 Å². The summed E-state index contributed by atoms with van der Waals surface area (Å²) >= 11 is 0. The summed E-state index contributed by atoms with van der Waals surface area (Å²) in [6.45, 7) is 4.59. The van der Waals surface area contributed by atoms with Crippen molar-refractivity contribution >= 4 is 22.7 Å². The van der Waals surface area contributed by atoms with Gasteiger partial charge in [-0.05, 0) is 60.6 Å². The number of nitrogens with two attached hydrogens (primary N) is 1. The molecule has 194 valence electrons. The molecule has 3 aromatic carbocycles. The van der Waals surface area contributed by atoms with Crippen molar-refractivity contribution < 1.29 is 9.59 Å². The third-order valence-corrected chi connectivity index (χ3v) is 8.39. The van der Waals surface area contributed by atoms with Crippen LogP contribution >= 0.6 is 0 Å². The number of benzene rings is 3. The van der Waals surface area contributed by atoms with Crippen LogP contribution in [0.15, 0.2) is 79.0 Å². The fourth-order valence-corrected chi connectivity index (χ4v) is 6.35. The van der Waals surface area contributed by atoms with Crippen molar-refractivity contribution in [3.8, 4) is 11.1 Å². The normalized spacial score (nSPS) is 16.8. The summed E-state index contributed by atoms with van der Waals surface area (Å²) in [6, 6.07) is 24.7. The number of carbonyl (C=O) groups excluding carboxylic acids is 2. The molecule has 6 rings (SSSR count). The lowest BCUT2D eigenvalue weighted by atomic mass is 9.71. The molecule has 1 aliphatic heterocycles. The van der Waals surface area contributed by atoms with E-state index in [-0.39, 0.29) is 17.2 Å². The van der Waals surface area contributed by atoms with E-state index in [2.05, 4.69) is 58.8 Å². The number of hydrogen-bond acceptors (Lipinski definition) is 3. The summed E-state index contributed by atoms with van der Waals surface area (Å²) in [4.78, 5) is 32.1. The number of H-pyrrole nitrogens is 1. The zero-order valence-electron chi connectivity index (χ0n) is 22.0. The van der Waals surface area contributed by atoms with Gasteiger partial charge in [0.05, 0.1) is 5.54 Å². The van der Waals surface area contributed by atoms with Crippen molar-refractivity contribution in [3.05, 3.63) is 95.7 Å². The number of aromatic amines is 1. The molecule has 1 fully saturated rings. The molecule has 1 atom stereocenters. The molecular formula is C32H34N4O2. The van der Waals surface area contributed by atoms with Gasteiger partial charge in [0.15, 0.2) is 0 Å². The quantitative estimate of drug-likeness (QED) is 0.372. The summed E-state index contributed by atoms with van der Waals surface area (Å²) in [5.41, 5.74) is 12.3. The Kier molecular flexibility index (Phi) is 5.88. The smallest absolute Gasteiger partial charge is 0.245 e. The maximum absolute atomic E-state index is 14.0. The highest BCUT2D eigenvalue weighted by Crippen LogP contribution is 2.53. The summed E-state index contributed by atoms with van der Waals surface area (Å²) < 4.78 is 0. The van der Waals surface area contributed by atoms with Gasteiger partial charge in [-0.15, -0.1) is 0 Å². The number of para-hydroxylation sites is 1. The zero-order chi connectivity index (χ0) is 26.5. The van der Waals surface area contributed by atoms with Crippen LogP contribution in [0, 0.1) is 0 Å². The molecule has 1 aromatic heterocycles. The van der Waals surface area contributed by atoms with E-state index in [1.165, 1.54) is 22.3 Å². The number of amides is 2. The summed E-state index contributed by atoms with van der Waals surface area (Å²) in [5, 5.41) is 4.04. The van der Waals surface area contributed by atoms with Crippen molar-refractivity contribution in [2.24, 2.45) is 5.73 Å². The molecule has 6 heteroatoms. The van der Waals surface area contributed by atoms with Gasteiger partial charge < -0.3 is 20.9 Å². The number of nitrogens with one attached hydrogen (secondary N) is 2. The number of nitrogens with zero attached hydrogens (tertiary/aromatic N) is 1. The molecule has 1 unspecified atom stereocenters. The van der Waals surface area contributed by atoms with Crippen LogP contribution in [0.25, 0.3) is 22.0 Å². The van der Waals surface area contributed by atoms with Gasteiger partial charge >= 0.3 is 0 Å². The number of fused-ring (bicyclic) bond motifs is 6. The average molecular weight is 507 g/mol. The van der Waals surface area contributed by atoms with E-state index in [0.29, 0.717) is 19.5 Å². The van der Waals surface area contributed by atoms with E-state index >= 15 is 0 Å². The van der Waals surface area contributed by atoms with E-state index < -0.39 is 11.6 Å². The van der Waals surface area contributed by atoms with Crippen molar-refractivity contribution in [2.75, 3.05) is 13.1 Å². The van der Waals surface area contributed by atoms with Crippen LogP contribution in [-0.2, 0) is 21.4 Å². The Morgan fingerprint density at radius 1 is 0.947 bits per heavy atom. The van der Waals surface area contributed by atoms with Gasteiger partial charge in [0.2, 0.25) is 11.8 Å². The van der Waals surface area contributed by atoms with Crippen LogP contribution in [0.1, 0.15) is 43.4 Å². The molecule has 2 amide bonds. The molecule has 38 heavy (non-hydrogen) atoms. The number of hydrogen-bond donors (Lipinski definition) is 3. The minimum absolute atomic E-state index is 0.0534. The summed E-state index contributed by atoms with van der Waals surface area (Å²) in [6.07, 6.45) is 4.03. The molecule has 0 bridgehead atoms. The van der Waals surface area contributed by atoms with Gasteiger partial charge in [-0.25, -0.2) is 0 Å². The molecule has 6 nitrogen and oxygen atoms in total. The Morgan fingerprint density at radius 3 is 2.16 bits per heavy atom. The van der Waals surface area contributed by atoms with E-state index in [9.17, 15) is 9.59 Å². The van der Waals surface area contributed by atoms with Gasteiger partial charge in [0.25, 0.3) is 0 Å². The minimum atomic E-state index is -1.08. The second kappa shape index (κ2) is 9.14. The van der Waals surface area contributed by atoms with Crippen LogP contribution in [0.3, 0.4) is 0 Å². The second-order valence-corrected chi connectivity index (χ2v) is 11.3. The van der Waals surface area contributed by atoms with Crippen LogP contribution in [-0.4, -0.2) is 46.4 Å². The highest BCUT2D eigenvalue weighted by Gasteiger charge is 2.46. The van der Waals surface area contributed by atoms with Gasteiger partial charge in [-0.2, -0.15) is 0 Å². The third kappa shape index (κ3) is 4.00. The first-order chi connectivity index (χ1) is 18.3. The predicted molar refractivity (Wildman–Crippen MR) is 151 cm³/mol. The number of piperidine rings is 1. The molecule has 4 aromatic rings. The van der Waals surface area contributed by atoms with E-state index in [0.717, 1.165) is 29.3 Å². The number of rotatable bonds is 5. The van der Waals surface area contributed by atoms with Crippen LogP contribution in [0.4, 0.5) is 0 Å². The van der Waals surface area contributed by atoms with E-state index in [1.54, 1.807) is 13.8 Å². The molecule has 1 spiro atoms. The van der Waals surface area contributed by atoms with Gasteiger partial charge in [0, 0.05) is 42.0 Å². The second-order valence-electron chi connectivity index (χ2n) is 11.3. The predicted octanol–water partition coefficient (Wildman–Crippen LogP) is 4.52. The Hall–Kier alpha value is -3.90. The lowest BCUT2D eigenvalue weighted by Gasteiger charge is -2.42. The monoisotopic (exact) mass is 506 g/mol. The lowest BCUT2D eigenvalue weighted by Crippen LogP contribution is -2.58. The zero-order valence-corrected chi connectivity index (χ0v) is 22.0. The first-order valence-corrected chi connectivity index (χ1v) is 13.4. The Labute approximate surface area is 223 Å². The Bertz CT molecular complexity index is 1470. The SMILES string of the molecule is CC(C)(N)C(=O)NC(Cc1c[nH]c2ccccc12)C(=O)N1CCC2(CC1)c1ccccc1-c1ccccc12. The van der Waals surface area contributed by atoms with Crippen molar-refractivity contribution in [1.29, 1.82) is 0 Å². The number of likely N-dealkylation sites (tertiary alicyclic amines) is 1. The van der Waals surface area contributed by atoms with Gasteiger partial charge in [-0.1, -0.05) is 66.7 Å². The largest absolute Gasteiger partial charge is 0.361 e. The minimum Gasteiger partial charge on any atom is -0.361 e. The summed E-state index contributed by atoms with van der Waals surface area (Å²) in [5.74, 6) is -0.384. The van der Waals surface area contributed by atoms with Crippen molar-refractivity contribution in [1.82, 2.24) is 15.2 Å². The number of aromatic nitrogens is 1. The molecule has 4 N–H and O–H groups in total. The molecule has 2 heterocycles. The standard InChI is InChI=1S/C32H34N4O2/c1-31(2,33)30(38)35-28(19-21-20-34-27-14-8-5-9-22(21)27)29(37)36-17-15-32(16-18-36)25-12-6-3-10-23(25)24-11-4-7-13-26(24)32/h3-14,20,28,34H,15-19,33H2,1-2H3,(H,35,38). The molecule has 2 aliphatic rings. The molecular weight excluding hydrogens is 472 g/mol. The molecule has 0 saturated carbocycles. The van der Waals surface area contributed by atoms with Crippen molar-refractivity contribution in [3.63, 3.8) is 0 Å². The highest BCUT2D eigenvalue weighted by molar-refractivity contribution is 5.93. The Balaban J connectivity index is 1.27. The number of carbonyl (C=O) groups is 2. The lowest BCUT2D eigenvalue weighted by molar-refractivity contribution is -0.138. The van der Waals surface area contributed by atoms with Crippen LogP contribution < -0.4 is 11.1 Å². The maximum atomic E-state index is 14.0. The average Bonchev–Trinajstić information content (AvgIpc) is 3.45. The Morgan fingerprint density at radius 2 is 1.53 bits per heavy atom. The topological polar surface area (TPSA) is 91.2 Å². The van der Waals surface area contributed by atoms with Gasteiger partial charge in [0.1, 0.15) is 6.04 Å². The van der Waals surface area contributed by atoms with Gasteiger partial charge in [-0.3, -0.25) is 9.59 Å². The third-order valence-electron chi connectivity index (χ3n) is 8.39. The molecule has 1 saturated heterocycles. The molecule has 1 aliphatic carbocycles. The molecule has 0 radical (unpaired) electrons.